The maximum absolute atomic E-state index is 12.3. The van der Waals surface area contributed by atoms with E-state index >= 15 is 0 Å². The summed E-state index contributed by atoms with van der Waals surface area (Å²) >= 11 is 0. The van der Waals surface area contributed by atoms with Crippen molar-refractivity contribution in [1.82, 2.24) is 9.88 Å². The number of hydrogen-bond acceptors (Lipinski definition) is 1. The molecule has 2 N–H and O–H groups in total. The van der Waals surface area contributed by atoms with Gasteiger partial charge in [0, 0.05) is 32.6 Å². The Bertz CT molecular complexity index is 677. The van der Waals surface area contributed by atoms with Gasteiger partial charge in [-0.1, -0.05) is 24.3 Å². The molecule has 122 valence electrons. The third kappa shape index (κ3) is 3.64. The summed E-state index contributed by atoms with van der Waals surface area (Å²) in [6.07, 6.45) is 4.44. The Kier molecular flexibility index (Phi) is 4.82. The average Bonchev–Trinajstić information content (AvgIpc) is 3.15. The summed E-state index contributed by atoms with van der Waals surface area (Å²) in [7, 11) is 2.09. The molecule has 1 saturated heterocycles. The highest BCUT2D eigenvalue weighted by Crippen LogP contribution is 2.18. The Morgan fingerprint density at radius 2 is 2.13 bits per heavy atom. The predicted molar refractivity (Wildman–Crippen MR) is 91.1 cm³/mol. The molecule has 0 saturated carbocycles. The van der Waals surface area contributed by atoms with Crippen LogP contribution in [0.2, 0.25) is 0 Å². The number of hydrogen-bond donors (Lipinski definition) is 2. The van der Waals surface area contributed by atoms with Crippen LogP contribution in [0.5, 0.6) is 0 Å². The summed E-state index contributed by atoms with van der Waals surface area (Å²) in [6, 6.07) is 12.9. The predicted octanol–water partition coefficient (Wildman–Crippen LogP) is 1.37. The minimum absolute atomic E-state index is 0.143. The van der Waals surface area contributed by atoms with Gasteiger partial charge < -0.3 is 14.8 Å². The first-order valence-corrected chi connectivity index (χ1v) is 8.42. The molecule has 1 fully saturated rings. The fourth-order valence-electron chi connectivity index (χ4n) is 3.59. The molecule has 4 nitrogen and oxygen atoms in total. The Hall–Kier alpha value is -2.07. The molecule has 23 heavy (non-hydrogen) atoms. The lowest BCUT2D eigenvalue weighted by molar-refractivity contribution is -0.911. The molecule has 1 unspecified atom stereocenters. The number of amides is 1. The first kappa shape index (κ1) is 15.8. The number of carbonyl (C=O) groups excluding carboxylic acids is 1. The van der Waals surface area contributed by atoms with Crippen LogP contribution in [-0.2, 0) is 18.4 Å². The molecule has 1 aliphatic rings. The number of likely N-dealkylation sites (tertiary alicyclic amines) is 1. The Morgan fingerprint density at radius 1 is 1.30 bits per heavy atom. The van der Waals surface area contributed by atoms with E-state index in [0.29, 0.717) is 19.1 Å². The van der Waals surface area contributed by atoms with Crippen molar-refractivity contribution in [1.29, 1.82) is 0 Å². The van der Waals surface area contributed by atoms with Gasteiger partial charge in [-0.2, -0.15) is 0 Å². The van der Waals surface area contributed by atoms with Crippen LogP contribution in [0.3, 0.4) is 0 Å². The quantitative estimate of drug-likeness (QED) is 0.860. The van der Waals surface area contributed by atoms with E-state index in [1.165, 1.54) is 28.1 Å². The minimum Gasteiger partial charge on any atom is -0.350 e. The molecule has 1 amide bonds. The monoisotopic (exact) mass is 312 g/mol. The maximum atomic E-state index is 12.3. The van der Waals surface area contributed by atoms with Gasteiger partial charge in [-0.05, 0) is 30.2 Å². The summed E-state index contributed by atoms with van der Waals surface area (Å²) in [5.41, 5.74) is 3.75. The van der Waals surface area contributed by atoms with Crippen molar-refractivity contribution in [2.24, 2.45) is 7.05 Å². The summed E-state index contributed by atoms with van der Waals surface area (Å²) in [4.78, 5) is 13.7. The lowest BCUT2D eigenvalue weighted by atomic mass is 10.1. The molecular formula is C19H26N3O+. The molecule has 0 radical (unpaired) electrons. The molecule has 1 aromatic carbocycles. The van der Waals surface area contributed by atoms with Gasteiger partial charge in [-0.3, -0.25) is 4.79 Å². The highest BCUT2D eigenvalue weighted by atomic mass is 16.2. The highest BCUT2D eigenvalue weighted by Gasteiger charge is 2.32. The van der Waals surface area contributed by atoms with E-state index in [9.17, 15) is 4.79 Å². The van der Waals surface area contributed by atoms with E-state index in [2.05, 4.69) is 54.3 Å². The number of benzene rings is 1. The van der Waals surface area contributed by atoms with Crippen LogP contribution in [0, 0.1) is 6.92 Å². The SMILES string of the molecule is Cc1ccccc1CNC(=O)C[NH+]1CCC[C@H]1c1cccn1C. The summed E-state index contributed by atoms with van der Waals surface area (Å²) in [5, 5.41) is 3.08. The van der Waals surface area contributed by atoms with E-state index < -0.39 is 0 Å². The second-order valence-electron chi connectivity index (χ2n) is 6.53. The lowest BCUT2D eigenvalue weighted by Crippen LogP contribution is -3.11. The zero-order valence-electron chi connectivity index (χ0n) is 14.0. The Labute approximate surface area is 138 Å². The fourth-order valence-corrected chi connectivity index (χ4v) is 3.59. The van der Waals surface area contributed by atoms with Crippen LogP contribution in [0.15, 0.2) is 42.6 Å². The van der Waals surface area contributed by atoms with Gasteiger partial charge in [-0.15, -0.1) is 0 Å². The molecule has 3 rings (SSSR count). The van der Waals surface area contributed by atoms with Crippen molar-refractivity contribution >= 4 is 5.91 Å². The Morgan fingerprint density at radius 3 is 2.87 bits per heavy atom. The topological polar surface area (TPSA) is 38.5 Å². The van der Waals surface area contributed by atoms with Gasteiger partial charge in [0.25, 0.3) is 5.91 Å². The van der Waals surface area contributed by atoms with Gasteiger partial charge in [0.2, 0.25) is 0 Å². The smallest absolute Gasteiger partial charge is 0.275 e. The van der Waals surface area contributed by atoms with Gasteiger partial charge in [0.1, 0.15) is 6.04 Å². The van der Waals surface area contributed by atoms with Crippen LogP contribution < -0.4 is 10.2 Å². The number of aromatic nitrogens is 1. The third-order valence-electron chi connectivity index (χ3n) is 4.95. The van der Waals surface area contributed by atoms with Crippen LogP contribution >= 0.6 is 0 Å². The Balaban J connectivity index is 1.57. The van der Waals surface area contributed by atoms with Crippen molar-refractivity contribution in [3.8, 4) is 0 Å². The lowest BCUT2D eigenvalue weighted by Gasteiger charge is -2.21. The molecule has 2 aromatic rings. The zero-order chi connectivity index (χ0) is 16.2. The maximum Gasteiger partial charge on any atom is 0.275 e. The van der Waals surface area contributed by atoms with Crippen molar-refractivity contribution in [2.75, 3.05) is 13.1 Å². The second kappa shape index (κ2) is 7.01. The van der Waals surface area contributed by atoms with E-state index in [-0.39, 0.29) is 5.91 Å². The van der Waals surface area contributed by atoms with Gasteiger partial charge >= 0.3 is 0 Å². The standard InChI is InChI=1S/C19H25N3O/c1-15-7-3-4-8-16(15)13-20-19(23)14-22-12-6-10-18(22)17-9-5-11-21(17)2/h3-5,7-9,11,18H,6,10,12-14H2,1-2H3,(H,20,23)/p+1/t18-/m0/s1. The van der Waals surface area contributed by atoms with Gasteiger partial charge in [0.15, 0.2) is 6.54 Å². The van der Waals surface area contributed by atoms with Crippen LogP contribution in [-0.4, -0.2) is 23.6 Å². The van der Waals surface area contributed by atoms with E-state index in [1.54, 1.807) is 0 Å². The molecule has 2 heterocycles. The van der Waals surface area contributed by atoms with Gasteiger partial charge in [-0.25, -0.2) is 0 Å². The number of nitrogens with one attached hydrogen (secondary N) is 2. The average molecular weight is 312 g/mol. The normalized spacial score (nSPS) is 20.6. The third-order valence-corrected chi connectivity index (χ3v) is 4.95. The molecule has 2 atom stereocenters. The van der Waals surface area contributed by atoms with Crippen molar-refractivity contribution in [3.05, 3.63) is 59.4 Å². The summed E-state index contributed by atoms with van der Waals surface area (Å²) < 4.78 is 2.18. The number of quaternary nitrogens is 1. The van der Waals surface area contributed by atoms with Crippen LogP contribution in [0.1, 0.15) is 35.7 Å². The van der Waals surface area contributed by atoms with Crippen LogP contribution in [0.25, 0.3) is 0 Å². The van der Waals surface area contributed by atoms with Crippen molar-refractivity contribution in [2.45, 2.75) is 32.4 Å². The van der Waals surface area contributed by atoms with E-state index in [4.69, 9.17) is 0 Å². The largest absolute Gasteiger partial charge is 0.350 e. The first-order chi connectivity index (χ1) is 11.1. The molecule has 0 bridgehead atoms. The number of nitrogens with zero attached hydrogens (tertiary/aromatic N) is 1. The zero-order valence-corrected chi connectivity index (χ0v) is 14.0. The van der Waals surface area contributed by atoms with Crippen molar-refractivity contribution < 1.29 is 9.69 Å². The van der Waals surface area contributed by atoms with Crippen LogP contribution in [0.4, 0.5) is 0 Å². The van der Waals surface area contributed by atoms with E-state index in [0.717, 1.165) is 13.0 Å². The number of aryl methyl sites for hydroxylation is 2. The highest BCUT2D eigenvalue weighted by molar-refractivity contribution is 5.76. The molecule has 1 aromatic heterocycles. The van der Waals surface area contributed by atoms with Gasteiger partial charge in [0.05, 0.1) is 12.2 Å². The first-order valence-electron chi connectivity index (χ1n) is 8.42. The summed E-state index contributed by atoms with van der Waals surface area (Å²) in [5.74, 6) is 0.143. The molecule has 0 spiro atoms. The molecular weight excluding hydrogens is 286 g/mol. The van der Waals surface area contributed by atoms with E-state index in [1.807, 2.05) is 12.1 Å². The molecule has 0 aliphatic carbocycles. The number of rotatable bonds is 5. The molecule has 4 heteroatoms. The number of carbonyl (C=O) groups is 1. The summed E-state index contributed by atoms with van der Waals surface area (Å²) in [6.45, 7) is 4.33. The molecule has 1 aliphatic heterocycles. The van der Waals surface area contributed by atoms with Crippen molar-refractivity contribution in [3.63, 3.8) is 0 Å². The fraction of sp³-hybridized carbons (Fsp3) is 0.421. The second-order valence-corrected chi connectivity index (χ2v) is 6.53. The minimum atomic E-state index is 0.143.